The van der Waals surface area contributed by atoms with Crippen LogP contribution in [-0.4, -0.2) is 0 Å². The van der Waals surface area contributed by atoms with Crippen LogP contribution in [-0.2, 0) is 0 Å². The van der Waals surface area contributed by atoms with E-state index in [1.54, 1.807) is 21.6 Å². The molecule has 16 heavy (non-hydrogen) atoms. The fraction of sp³-hybridized carbons (Fsp3) is 0.154. The molecule has 0 saturated heterocycles. The largest absolute Gasteiger partial charge is 0.193 e. The van der Waals surface area contributed by atoms with Crippen molar-refractivity contribution in [2.75, 3.05) is 0 Å². The summed E-state index contributed by atoms with van der Waals surface area (Å²) in [5.74, 6) is 0. The second-order valence-corrected chi connectivity index (χ2v) is 5.70. The molecule has 80 valence electrons. The maximum Gasteiger partial charge on any atom is 0.0956 e. The van der Waals surface area contributed by atoms with E-state index in [-0.39, 0.29) is 0 Å². The highest BCUT2D eigenvalue weighted by Crippen LogP contribution is 2.54. The molecule has 1 nitrogen and oxygen atoms in total. The van der Waals surface area contributed by atoms with Gasteiger partial charge in [-0.15, -0.1) is 0 Å². The number of nitrogens with zero attached hydrogens (tertiary/aromatic N) is 1. The third kappa shape index (κ3) is 2.04. The van der Waals surface area contributed by atoms with Crippen molar-refractivity contribution in [1.29, 1.82) is 5.26 Å². The van der Waals surface area contributed by atoms with Gasteiger partial charge in [0, 0.05) is 15.4 Å². The predicted molar refractivity (Wildman–Crippen MR) is 72.5 cm³/mol. The molecule has 0 N–H and O–H groups in total. The van der Waals surface area contributed by atoms with Crippen LogP contribution in [0.5, 0.6) is 0 Å². The molecule has 1 aromatic rings. The van der Waals surface area contributed by atoms with Crippen LogP contribution in [0.3, 0.4) is 0 Å². The molecule has 0 amide bonds. The minimum Gasteiger partial charge on any atom is -0.193 e. The Hall–Kier alpha value is -1.11. The van der Waals surface area contributed by atoms with Crippen LogP contribution in [0, 0.1) is 11.3 Å². The Balaban J connectivity index is 2.47. The lowest BCUT2D eigenvalue weighted by atomic mass is 10.1. The Morgan fingerprint density at radius 1 is 1.19 bits per heavy atom. The minimum absolute atomic E-state index is 0.806. The zero-order chi connectivity index (χ0) is 11.5. The van der Waals surface area contributed by atoms with Gasteiger partial charge in [-0.2, -0.15) is 5.26 Å². The van der Waals surface area contributed by atoms with Crippen molar-refractivity contribution in [3.63, 3.8) is 0 Å². The topological polar surface area (TPSA) is 23.8 Å². The highest BCUT2D eigenvalue weighted by Gasteiger charge is 2.21. The van der Waals surface area contributed by atoms with Gasteiger partial charge in [0.15, 0.2) is 0 Å². The van der Waals surface area contributed by atoms with Gasteiger partial charge in [-0.1, -0.05) is 51.9 Å². The van der Waals surface area contributed by atoms with Gasteiger partial charge >= 0.3 is 0 Å². The van der Waals surface area contributed by atoms with Crippen LogP contribution in [0.25, 0.3) is 4.91 Å². The molecule has 0 aliphatic carbocycles. The molecule has 0 fully saturated rings. The third-order valence-electron chi connectivity index (χ3n) is 2.43. The molecule has 0 saturated carbocycles. The van der Waals surface area contributed by atoms with Crippen molar-refractivity contribution >= 4 is 26.5 Å². The van der Waals surface area contributed by atoms with E-state index in [2.05, 4.69) is 25.1 Å². The van der Waals surface area contributed by atoms with Gasteiger partial charge in [0.2, 0.25) is 0 Å². The lowest BCUT2D eigenvalue weighted by Crippen LogP contribution is -1.83. The van der Waals surface area contributed by atoms with Crippen molar-refractivity contribution in [2.24, 2.45) is 0 Å². The highest BCUT2D eigenvalue weighted by atomic mass is 33.1. The first-order valence-corrected chi connectivity index (χ1v) is 7.11. The van der Waals surface area contributed by atoms with E-state index < -0.39 is 0 Å². The lowest BCUT2D eigenvalue weighted by Gasteiger charge is -2.01. The highest BCUT2D eigenvalue weighted by molar-refractivity contribution is 8.82. The summed E-state index contributed by atoms with van der Waals surface area (Å²) in [6.45, 7) is 3.96. The fourth-order valence-corrected chi connectivity index (χ4v) is 4.56. The summed E-state index contributed by atoms with van der Waals surface area (Å²) < 4.78 is 0. The number of hydrogen-bond acceptors (Lipinski definition) is 3. The summed E-state index contributed by atoms with van der Waals surface area (Å²) in [6, 6.07) is 12.5. The molecule has 1 aliphatic heterocycles. The number of allylic oxidation sites excluding steroid dienone is 2. The molecule has 0 unspecified atom stereocenters. The van der Waals surface area contributed by atoms with Gasteiger partial charge in [-0.25, -0.2) is 0 Å². The molecule has 0 atom stereocenters. The number of rotatable bonds is 1. The average molecular weight is 245 g/mol. The quantitative estimate of drug-likeness (QED) is 0.533. The van der Waals surface area contributed by atoms with E-state index in [9.17, 15) is 0 Å². The van der Waals surface area contributed by atoms with E-state index in [4.69, 9.17) is 5.26 Å². The van der Waals surface area contributed by atoms with Gasteiger partial charge in [0.05, 0.1) is 6.07 Å². The number of nitriles is 1. The summed E-state index contributed by atoms with van der Waals surface area (Å²) in [5.41, 5.74) is 3.26. The molecule has 1 heterocycles. The van der Waals surface area contributed by atoms with Crippen molar-refractivity contribution in [2.45, 2.75) is 13.8 Å². The van der Waals surface area contributed by atoms with E-state index in [0.29, 0.717) is 0 Å². The molecular formula is C13H11NS2. The van der Waals surface area contributed by atoms with E-state index in [0.717, 1.165) is 10.5 Å². The molecule has 0 spiro atoms. The first-order chi connectivity index (χ1) is 7.74. The van der Waals surface area contributed by atoms with Crippen LogP contribution < -0.4 is 0 Å². The Kier molecular flexibility index (Phi) is 3.42. The van der Waals surface area contributed by atoms with Gasteiger partial charge in [0.1, 0.15) is 0 Å². The van der Waals surface area contributed by atoms with E-state index >= 15 is 0 Å². The van der Waals surface area contributed by atoms with Crippen molar-refractivity contribution in [3.05, 3.63) is 51.9 Å². The molecule has 1 aromatic carbocycles. The average Bonchev–Trinajstić information content (AvgIpc) is 2.71. The predicted octanol–water partition coefficient (Wildman–Crippen LogP) is 4.61. The molecule has 2 rings (SSSR count). The first kappa shape index (κ1) is 11.4. The zero-order valence-electron chi connectivity index (χ0n) is 9.15. The molecular weight excluding hydrogens is 234 g/mol. The first-order valence-electron chi connectivity index (χ1n) is 4.96. The summed E-state index contributed by atoms with van der Waals surface area (Å²) >= 11 is 0. The molecule has 1 aliphatic rings. The van der Waals surface area contributed by atoms with Crippen LogP contribution in [0.4, 0.5) is 0 Å². The van der Waals surface area contributed by atoms with E-state index in [1.807, 2.05) is 25.1 Å². The summed E-state index contributed by atoms with van der Waals surface area (Å²) in [7, 11) is 3.43. The summed E-state index contributed by atoms with van der Waals surface area (Å²) in [4.78, 5) is 2.39. The van der Waals surface area contributed by atoms with E-state index in [1.165, 1.54) is 16.0 Å². The van der Waals surface area contributed by atoms with Crippen LogP contribution in [0.15, 0.2) is 46.4 Å². The second-order valence-electron chi connectivity index (χ2n) is 3.55. The van der Waals surface area contributed by atoms with Crippen LogP contribution >= 0.6 is 21.6 Å². The number of benzene rings is 1. The zero-order valence-corrected chi connectivity index (χ0v) is 10.8. The Morgan fingerprint density at radius 2 is 1.88 bits per heavy atom. The van der Waals surface area contributed by atoms with Gasteiger partial charge < -0.3 is 0 Å². The maximum atomic E-state index is 8.92. The standard InChI is InChI=1S/C13H11NS2/c1-9(8-14)12-10(2)13(16-15-12)11-6-4-3-5-7-11/h3-7H,1-2H3/b12-9-. The summed E-state index contributed by atoms with van der Waals surface area (Å²) in [6.07, 6.45) is 0. The monoisotopic (exact) mass is 245 g/mol. The molecule has 0 aromatic heterocycles. The summed E-state index contributed by atoms with van der Waals surface area (Å²) in [5, 5.41) is 8.92. The van der Waals surface area contributed by atoms with Gasteiger partial charge in [0.25, 0.3) is 0 Å². The third-order valence-corrected chi connectivity index (χ3v) is 5.25. The smallest absolute Gasteiger partial charge is 0.0956 e. The fourth-order valence-electron chi connectivity index (χ4n) is 1.56. The number of hydrogen-bond donors (Lipinski definition) is 0. The second kappa shape index (κ2) is 4.82. The molecule has 3 heteroatoms. The normalized spacial score (nSPS) is 18.6. The minimum atomic E-state index is 0.806. The Morgan fingerprint density at radius 3 is 2.50 bits per heavy atom. The van der Waals surface area contributed by atoms with Crippen molar-refractivity contribution in [1.82, 2.24) is 0 Å². The van der Waals surface area contributed by atoms with Crippen LogP contribution in [0.1, 0.15) is 19.4 Å². The molecule has 0 radical (unpaired) electrons. The Bertz CT molecular complexity index is 506. The van der Waals surface area contributed by atoms with Crippen molar-refractivity contribution in [3.8, 4) is 6.07 Å². The van der Waals surface area contributed by atoms with Gasteiger partial charge in [-0.3, -0.25) is 0 Å². The van der Waals surface area contributed by atoms with Crippen molar-refractivity contribution < 1.29 is 0 Å². The maximum absolute atomic E-state index is 8.92. The lowest BCUT2D eigenvalue weighted by molar-refractivity contribution is 1.40. The molecule has 0 bridgehead atoms. The Labute approximate surface area is 104 Å². The van der Waals surface area contributed by atoms with Gasteiger partial charge in [-0.05, 0) is 25.0 Å². The van der Waals surface area contributed by atoms with Crippen LogP contribution in [0.2, 0.25) is 0 Å². The SMILES string of the molecule is CC1=C(c2ccccc2)SS/C1=C(/C)C#N.